The van der Waals surface area contributed by atoms with Gasteiger partial charge < -0.3 is 9.80 Å². The number of carbonyl (C=O) groups is 1. The summed E-state index contributed by atoms with van der Waals surface area (Å²) in [5.41, 5.74) is 1.48. The summed E-state index contributed by atoms with van der Waals surface area (Å²) < 4.78 is 54.1. The summed E-state index contributed by atoms with van der Waals surface area (Å²) in [5.74, 6) is 0.880. The van der Waals surface area contributed by atoms with Gasteiger partial charge in [0.05, 0.1) is 22.3 Å². The number of halogens is 4. The fraction of sp³-hybridized carbons (Fsp3) is 0.379. The van der Waals surface area contributed by atoms with Crippen LogP contribution < -0.4 is 4.90 Å². The summed E-state index contributed by atoms with van der Waals surface area (Å²) in [7, 11) is 0. The highest BCUT2D eigenvalue weighted by molar-refractivity contribution is 5.95. The van der Waals surface area contributed by atoms with Crippen molar-refractivity contribution in [2.24, 2.45) is 0 Å². The molecule has 0 aliphatic carbocycles. The molecule has 0 N–H and O–H groups in total. The topological polar surface area (TPSA) is 67.2 Å². The van der Waals surface area contributed by atoms with Crippen molar-refractivity contribution in [3.63, 3.8) is 0 Å². The van der Waals surface area contributed by atoms with E-state index in [4.69, 9.17) is 15.1 Å². The summed E-state index contributed by atoms with van der Waals surface area (Å²) in [4.78, 5) is 26.7. The molecule has 1 amide bonds. The molecule has 0 bridgehead atoms. The second-order valence-electron chi connectivity index (χ2n) is 10.1. The number of carbonyl (C=O) groups excluding carboxylic acids is 1. The first-order valence-electron chi connectivity index (χ1n) is 13.3. The summed E-state index contributed by atoms with van der Waals surface area (Å²) in [6.45, 7) is 7.82. The Morgan fingerprint density at radius 2 is 1.62 bits per heavy atom. The molecule has 3 heterocycles. The van der Waals surface area contributed by atoms with Crippen molar-refractivity contribution in [2.45, 2.75) is 45.7 Å². The van der Waals surface area contributed by atoms with E-state index >= 15 is 0 Å². The lowest BCUT2D eigenvalue weighted by molar-refractivity contribution is -0.137. The molecular formula is C29H30F4N6O. The number of benzene rings is 2. The smallest absolute Gasteiger partial charge is 0.352 e. The van der Waals surface area contributed by atoms with Gasteiger partial charge >= 0.3 is 6.18 Å². The van der Waals surface area contributed by atoms with Crippen LogP contribution in [-0.4, -0.2) is 56.7 Å². The van der Waals surface area contributed by atoms with Gasteiger partial charge in [-0.3, -0.25) is 4.79 Å². The lowest BCUT2D eigenvalue weighted by Crippen LogP contribution is -2.49. The lowest BCUT2D eigenvalue weighted by Gasteiger charge is -2.36. The van der Waals surface area contributed by atoms with Gasteiger partial charge in [-0.05, 0) is 61.9 Å². The van der Waals surface area contributed by atoms with Crippen molar-refractivity contribution in [3.8, 4) is 5.69 Å². The van der Waals surface area contributed by atoms with Crippen LogP contribution in [-0.2, 0) is 6.18 Å². The fourth-order valence-corrected chi connectivity index (χ4v) is 5.06. The molecule has 1 aliphatic rings. The van der Waals surface area contributed by atoms with Gasteiger partial charge in [0.15, 0.2) is 5.65 Å². The number of alkyl halides is 3. The van der Waals surface area contributed by atoms with Crippen LogP contribution in [0.5, 0.6) is 0 Å². The van der Waals surface area contributed by atoms with Gasteiger partial charge in [-0.25, -0.2) is 19.0 Å². The van der Waals surface area contributed by atoms with Gasteiger partial charge in [0.25, 0.3) is 5.91 Å². The van der Waals surface area contributed by atoms with E-state index < -0.39 is 11.7 Å². The second-order valence-corrected chi connectivity index (χ2v) is 10.1. The van der Waals surface area contributed by atoms with Gasteiger partial charge in [0, 0.05) is 37.7 Å². The Balaban J connectivity index is 1.44. The first-order chi connectivity index (χ1) is 19.1. The third-order valence-electron chi connectivity index (χ3n) is 7.26. The second kappa shape index (κ2) is 10.9. The third kappa shape index (κ3) is 5.37. The summed E-state index contributed by atoms with van der Waals surface area (Å²) in [5, 5.41) is 5.51. The Bertz CT molecular complexity index is 1510. The SMILES string of the molecule is CCCC(C)c1nc(N2CCN(C(=O)c3ccc(C(F)(F)F)cc3)CC2)c2c(C)nn(-c3ccc(F)cc3)c2n1. The van der Waals surface area contributed by atoms with E-state index in [0.717, 1.165) is 41.9 Å². The quantitative estimate of drug-likeness (QED) is 0.268. The number of aryl methyl sites for hydroxylation is 1. The minimum absolute atomic E-state index is 0.104. The predicted octanol–water partition coefficient (Wildman–Crippen LogP) is 6.15. The van der Waals surface area contributed by atoms with Crippen LogP contribution in [0.25, 0.3) is 16.7 Å². The van der Waals surface area contributed by atoms with Crippen molar-refractivity contribution < 1.29 is 22.4 Å². The molecule has 1 aliphatic heterocycles. The molecule has 4 aromatic rings. The van der Waals surface area contributed by atoms with Gasteiger partial charge in [-0.15, -0.1) is 0 Å². The minimum atomic E-state index is -4.45. The predicted molar refractivity (Wildman–Crippen MR) is 144 cm³/mol. The highest BCUT2D eigenvalue weighted by Gasteiger charge is 2.31. The molecule has 0 spiro atoms. The summed E-state index contributed by atoms with van der Waals surface area (Å²) in [6.07, 6.45) is -2.57. The number of hydrogen-bond donors (Lipinski definition) is 0. The van der Waals surface area contributed by atoms with Crippen molar-refractivity contribution >= 4 is 22.8 Å². The Hall–Kier alpha value is -4.02. The van der Waals surface area contributed by atoms with Crippen molar-refractivity contribution in [3.05, 3.63) is 77.0 Å². The molecule has 1 atom stereocenters. The number of aromatic nitrogens is 4. The maximum absolute atomic E-state index is 13.6. The lowest BCUT2D eigenvalue weighted by atomic mass is 10.1. The van der Waals surface area contributed by atoms with Gasteiger partial charge in [-0.1, -0.05) is 20.3 Å². The molecule has 0 radical (unpaired) electrons. The van der Waals surface area contributed by atoms with E-state index in [1.54, 1.807) is 21.7 Å². The normalized spacial score (nSPS) is 15.1. The van der Waals surface area contributed by atoms with Crippen LogP contribution >= 0.6 is 0 Å². The number of nitrogens with zero attached hydrogens (tertiary/aromatic N) is 6. The Labute approximate surface area is 229 Å². The van der Waals surface area contributed by atoms with E-state index in [0.29, 0.717) is 43.3 Å². The maximum Gasteiger partial charge on any atom is 0.416 e. The molecule has 1 unspecified atom stereocenters. The summed E-state index contributed by atoms with van der Waals surface area (Å²) in [6, 6.07) is 10.4. The number of piperazine rings is 1. The standard InChI is InChI=1S/C29H30F4N6O/c1-4-5-18(2)25-34-26(24-19(3)36-39(27(24)35-25)23-12-10-22(30)11-13-23)37-14-16-38(17-15-37)28(40)20-6-8-21(9-7-20)29(31,32)33/h6-13,18H,4-5,14-17H2,1-3H3. The summed E-state index contributed by atoms with van der Waals surface area (Å²) >= 11 is 0. The molecule has 2 aromatic carbocycles. The van der Waals surface area contributed by atoms with E-state index in [9.17, 15) is 22.4 Å². The molecular weight excluding hydrogens is 524 g/mol. The Morgan fingerprint density at radius 1 is 0.975 bits per heavy atom. The molecule has 7 nitrogen and oxygen atoms in total. The molecule has 11 heteroatoms. The maximum atomic E-state index is 13.6. The molecule has 1 saturated heterocycles. The minimum Gasteiger partial charge on any atom is -0.352 e. The number of amides is 1. The molecule has 2 aromatic heterocycles. The Kier molecular flexibility index (Phi) is 7.48. The Morgan fingerprint density at radius 3 is 2.23 bits per heavy atom. The molecule has 0 saturated carbocycles. The first-order valence-corrected chi connectivity index (χ1v) is 13.3. The molecule has 1 fully saturated rings. The average Bonchev–Trinajstić information content (AvgIpc) is 3.28. The third-order valence-corrected chi connectivity index (χ3v) is 7.26. The molecule has 210 valence electrons. The fourth-order valence-electron chi connectivity index (χ4n) is 5.06. The zero-order valence-corrected chi connectivity index (χ0v) is 22.5. The van der Waals surface area contributed by atoms with Crippen molar-refractivity contribution in [1.82, 2.24) is 24.6 Å². The van der Waals surface area contributed by atoms with Gasteiger partial charge in [0.1, 0.15) is 17.5 Å². The highest BCUT2D eigenvalue weighted by atomic mass is 19.4. The number of anilines is 1. The van der Waals surface area contributed by atoms with Crippen LogP contribution in [0.2, 0.25) is 0 Å². The van der Waals surface area contributed by atoms with Crippen LogP contribution in [0.1, 0.15) is 60.0 Å². The van der Waals surface area contributed by atoms with Crippen LogP contribution in [0, 0.1) is 12.7 Å². The molecule has 40 heavy (non-hydrogen) atoms. The number of hydrogen-bond acceptors (Lipinski definition) is 5. The van der Waals surface area contributed by atoms with Crippen LogP contribution in [0.4, 0.5) is 23.4 Å². The number of fused-ring (bicyclic) bond motifs is 1. The average molecular weight is 555 g/mol. The van der Waals surface area contributed by atoms with Crippen molar-refractivity contribution in [1.29, 1.82) is 0 Å². The van der Waals surface area contributed by atoms with E-state index in [-0.39, 0.29) is 23.2 Å². The highest BCUT2D eigenvalue weighted by Crippen LogP contribution is 2.33. The van der Waals surface area contributed by atoms with Crippen LogP contribution in [0.3, 0.4) is 0 Å². The zero-order valence-electron chi connectivity index (χ0n) is 22.5. The van der Waals surface area contributed by atoms with E-state index in [2.05, 4.69) is 18.7 Å². The number of rotatable bonds is 6. The first kappa shape index (κ1) is 27.5. The monoisotopic (exact) mass is 554 g/mol. The van der Waals surface area contributed by atoms with Gasteiger partial charge in [-0.2, -0.15) is 18.3 Å². The largest absolute Gasteiger partial charge is 0.416 e. The molecule has 5 rings (SSSR count). The van der Waals surface area contributed by atoms with Crippen LogP contribution in [0.15, 0.2) is 48.5 Å². The van der Waals surface area contributed by atoms with E-state index in [1.807, 2.05) is 6.92 Å². The van der Waals surface area contributed by atoms with Gasteiger partial charge in [0.2, 0.25) is 0 Å². The van der Waals surface area contributed by atoms with Crippen molar-refractivity contribution in [2.75, 3.05) is 31.1 Å². The zero-order chi connectivity index (χ0) is 28.6. The van der Waals surface area contributed by atoms with E-state index in [1.165, 1.54) is 24.3 Å².